The molecule has 0 aliphatic rings. The van der Waals surface area contributed by atoms with Crippen molar-refractivity contribution in [2.75, 3.05) is 13.1 Å². The van der Waals surface area contributed by atoms with Gasteiger partial charge in [-0.3, -0.25) is 9.59 Å². The van der Waals surface area contributed by atoms with Crippen molar-refractivity contribution < 1.29 is 9.59 Å². The number of fused-ring (bicyclic) bond motifs is 1. The molecule has 2 amide bonds. The van der Waals surface area contributed by atoms with Crippen molar-refractivity contribution in [3.63, 3.8) is 0 Å². The van der Waals surface area contributed by atoms with Gasteiger partial charge >= 0.3 is 0 Å². The summed E-state index contributed by atoms with van der Waals surface area (Å²) in [5.74, 6) is 0.384. The molecule has 0 unspecified atom stereocenters. The molecule has 2 rings (SSSR count). The van der Waals surface area contributed by atoms with Gasteiger partial charge in [0.2, 0.25) is 11.8 Å². The number of rotatable bonds is 5. The maximum absolute atomic E-state index is 11.9. The van der Waals surface area contributed by atoms with Crippen LogP contribution in [0, 0.1) is 6.92 Å². The Bertz CT molecular complexity index is 633. The number of hydrogen-bond acceptors (Lipinski definition) is 3. The minimum absolute atomic E-state index is 0.00164. The Labute approximate surface area is 117 Å². The van der Waals surface area contributed by atoms with Crippen LogP contribution in [0.15, 0.2) is 24.3 Å². The Morgan fingerprint density at radius 1 is 1.20 bits per heavy atom. The van der Waals surface area contributed by atoms with Gasteiger partial charge in [-0.2, -0.15) is 0 Å². The average molecular weight is 274 g/mol. The first-order chi connectivity index (χ1) is 9.61. The third-order valence-corrected chi connectivity index (χ3v) is 2.97. The number of aryl methyl sites for hydroxylation is 1. The van der Waals surface area contributed by atoms with E-state index in [2.05, 4.69) is 15.6 Å². The lowest BCUT2D eigenvalue weighted by Crippen LogP contribution is -2.38. The standard InChI is InChI=1S/C14H18N4O2/c1-3-15-13(19)8-16-14(20)9-18-10(2)17-11-6-4-5-7-12(11)18/h4-7H,3,8-9H2,1-2H3,(H,15,19)(H,16,20). The van der Waals surface area contributed by atoms with E-state index in [4.69, 9.17) is 0 Å². The van der Waals surface area contributed by atoms with E-state index >= 15 is 0 Å². The molecule has 0 aliphatic heterocycles. The Morgan fingerprint density at radius 3 is 2.70 bits per heavy atom. The smallest absolute Gasteiger partial charge is 0.240 e. The van der Waals surface area contributed by atoms with Gasteiger partial charge in [0.25, 0.3) is 0 Å². The molecule has 0 radical (unpaired) electrons. The first-order valence-electron chi connectivity index (χ1n) is 6.57. The number of para-hydroxylation sites is 2. The van der Waals surface area contributed by atoms with Gasteiger partial charge in [-0.15, -0.1) is 0 Å². The molecule has 0 aliphatic carbocycles. The molecular weight excluding hydrogens is 256 g/mol. The molecule has 6 heteroatoms. The Hall–Kier alpha value is -2.37. The van der Waals surface area contributed by atoms with Crippen molar-refractivity contribution in [1.82, 2.24) is 20.2 Å². The quantitative estimate of drug-likeness (QED) is 0.838. The lowest BCUT2D eigenvalue weighted by Gasteiger charge is -2.08. The van der Waals surface area contributed by atoms with E-state index in [1.165, 1.54) is 0 Å². The van der Waals surface area contributed by atoms with Gasteiger partial charge in [0.05, 0.1) is 17.6 Å². The first-order valence-corrected chi connectivity index (χ1v) is 6.57. The van der Waals surface area contributed by atoms with Gasteiger partial charge in [-0.1, -0.05) is 12.1 Å². The normalized spacial score (nSPS) is 10.5. The number of amides is 2. The van der Waals surface area contributed by atoms with Crippen LogP contribution < -0.4 is 10.6 Å². The number of imidazole rings is 1. The molecule has 1 aromatic heterocycles. The molecule has 106 valence electrons. The van der Waals surface area contributed by atoms with Gasteiger partial charge in [-0.25, -0.2) is 4.98 Å². The van der Waals surface area contributed by atoms with Gasteiger partial charge in [0, 0.05) is 6.54 Å². The number of benzene rings is 1. The summed E-state index contributed by atoms with van der Waals surface area (Å²) in [6.07, 6.45) is 0. The summed E-state index contributed by atoms with van der Waals surface area (Å²) in [7, 11) is 0. The maximum atomic E-state index is 11.9. The summed E-state index contributed by atoms with van der Waals surface area (Å²) in [6, 6.07) is 7.65. The molecule has 0 fully saturated rings. The highest BCUT2D eigenvalue weighted by Crippen LogP contribution is 2.14. The highest BCUT2D eigenvalue weighted by molar-refractivity contribution is 5.85. The van der Waals surface area contributed by atoms with Gasteiger partial charge in [0.15, 0.2) is 0 Å². The van der Waals surface area contributed by atoms with Crippen molar-refractivity contribution in [1.29, 1.82) is 0 Å². The summed E-state index contributed by atoms with van der Waals surface area (Å²) in [5.41, 5.74) is 1.78. The van der Waals surface area contributed by atoms with Crippen LogP contribution in [0.1, 0.15) is 12.7 Å². The van der Waals surface area contributed by atoms with E-state index in [0.717, 1.165) is 16.9 Å². The van der Waals surface area contributed by atoms with Crippen LogP contribution in [0.4, 0.5) is 0 Å². The Balaban J connectivity index is 2.03. The zero-order valence-corrected chi connectivity index (χ0v) is 11.6. The number of aromatic nitrogens is 2. The molecule has 1 aromatic carbocycles. The first kappa shape index (κ1) is 14.0. The van der Waals surface area contributed by atoms with Gasteiger partial charge in [0.1, 0.15) is 12.4 Å². The second-order valence-corrected chi connectivity index (χ2v) is 4.46. The van der Waals surface area contributed by atoms with E-state index in [-0.39, 0.29) is 24.9 Å². The topological polar surface area (TPSA) is 76.0 Å². The van der Waals surface area contributed by atoms with Gasteiger partial charge < -0.3 is 15.2 Å². The minimum atomic E-state index is -0.206. The minimum Gasteiger partial charge on any atom is -0.355 e. The van der Waals surface area contributed by atoms with Crippen molar-refractivity contribution in [2.45, 2.75) is 20.4 Å². The summed E-state index contributed by atoms with van der Waals surface area (Å²) in [6.45, 7) is 4.40. The lowest BCUT2D eigenvalue weighted by atomic mass is 10.3. The third kappa shape index (κ3) is 3.14. The highest BCUT2D eigenvalue weighted by atomic mass is 16.2. The fourth-order valence-corrected chi connectivity index (χ4v) is 2.03. The summed E-state index contributed by atoms with van der Waals surface area (Å²) >= 11 is 0. The molecule has 6 nitrogen and oxygen atoms in total. The maximum Gasteiger partial charge on any atom is 0.240 e. The molecule has 2 N–H and O–H groups in total. The molecule has 20 heavy (non-hydrogen) atoms. The fraction of sp³-hybridized carbons (Fsp3) is 0.357. The number of nitrogens with one attached hydrogen (secondary N) is 2. The predicted molar refractivity (Wildman–Crippen MR) is 76.2 cm³/mol. The fourth-order valence-electron chi connectivity index (χ4n) is 2.03. The summed E-state index contributed by atoms with van der Waals surface area (Å²) < 4.78 is 1.84. The zero-order valence-electron chi connectivity index (χ0n) is 11.6. The zero-order chi connectivity index (χ0) is 14.5. The molecule has 2 aromatic rings. The number of carbonyl (C=O) groups is 2. The van der Waals surface area contributed by atoms with E-state index < -0.39 is 0 Å². The Morgan fingerprint density at radius 2 is 1.95 bits per heavy atom. The third-order valence-electron chi connectivity index (χ3n) is 2.97. The molecule has 0 spiro atoms. The van der Waals surface area contributed by atoms with Gasteiger partial charge in [-0.05, 0) is 26.0 Å². The van der Waals surface area contributed by atoms with E-state index in [1.54, 1.807) is 0 Å². The molecule has 0 atom stereocenters. The van der Waals surface area contributed by atoms with Crippen molar-refractivity contribution in [3.05, 3.63) is 30.1 Å². The van der Waals surface area contributed by atoms with E-state index in [1.807, 2.05) is 42.7 Å². The van der Waals surface area contributed by atoms with Crippen LogP contribution in [0.25, 0.3) is 11.0 Å². The highest BCUT2D eigenvalue weighted by Gasteiger charge is 2.11. The summed E-state index contributed by atoms with van der Waals surface area (Å²) in [5, 5.41) is 5.23. The average Bonchev–Trinajstić information content (AvgIpc) is 2.73. The second kappa shape index (κ2) is 6.18. The lowest BCUT2D eigenvalue weighted by molar-refractivity contribution is -0.126. The SMILES string of the molecule is CCNC(=O)CNC(=O)Cn1c(C)nc2ccccc21. The van der Waals surface area contributed by atoms with Crippen molar-refractivity contribution in [2.24, 2.45) is 0 Å². The monoisotopic (exact) mass is 274 g/mol. The van der Waals surface area contributed by atoms with Crippen molar-refractivity contribution >= 4 is 22.8 Å². The summed E-state index contributed by atoms with van der Waals surface area (Å²) in [4.78, 5) is 27.6. The number of likely N-dealkylation sites (N-methyl/N-ethyl adjacent to an activating group) is 1. The van der Waals surface area contributed by atoms with E-state index in [9.17, 15) is 9.59 Å². The van der Waals surface area contributed by atoms with Crippen LogP contribution in [-0.4, -0.2) is 34.5 Å². The largest absolute Gasteiger partial charge is 0.355 e. The molecule has 0 saturated heterocycles. The van der Waals surface area contributed by atoms with Crippen LogP contribution in [0.3, 0.4) is 0 Å². The number of carbonyl (C=O) groups excluding carboxylic acids is 2. The second-order valence-electron chi connectivity index (χ2n) is 4.46. The van der Waals surface area contributed by atoms with Crippen LogP contribution >= 0.6 is 0 Å². The van der Waals surface area contributed by atoms with Crippen molar-refractivity contribution in [3.8, 4) is 0 Å². The van der Waals surface area contributed by atoms with Crippen LogP contribution in [0.5, 0.6) is 0 Å². The molecule has 0 saturated carbocycles. The van der Waals surface area contributed by atoms with Crippen LogP contribution in [0.2, 0.25) is 0 Å². The molecule has 1 heterocycles. The predicted octanol–water partition coefficient (Wildman–Crippen LogP) is 0.597. The Kier molecular flexibility index (Phi) is 4.34. The molecule has 0 bridgehead atoms. The number of nitrogens with zero attached hydrogens (tertiary/aromatic N) is 2. The molecular formula is C14H18N4O2. The van der Waals surface area contributed by atoms with Crippen LogP contribution in [-0.2, 0) is 16.1 Å². The number of hydrogen-bond donors (Lipinski definition) is 2. The van der Waals surface area contributed by atoms with E-state index in [0.29, 0.717) is 6.54 Å².